The fourth-order valence-corrected chi connectivity index (χ4v) is 3.23. The molecule has 1 amide bonds. The van der Waals surface area contributed by atoms with Gasteiger partial charge in [0.2, 0.25) is 5.78 Å². The maximum absolute atomic E-state index is 12.5. The van der Waals surface area contributed by atoms with Crippen LogP contribution in [0.3, 0.4) is 0 Å². The molecule has 4 aromatic rings. The molecule has 1 unspecified atom stereocenters. The molecule has 10 heteroatoms. The average Bonchev–Trinajstić information content (AvgIpc) is 3.24. The molecule has 0 aliphatic heterocycles. The van der Waals surface area contributed by atoms with Crippen LogP contribution in [-0.2, 0) is 23.2 Å². The van der Waals surface area contributed by atoms with Gasteiger partial charge in [-0.2, -0.15) is 0 Å². The van der Waals surface area contributed by atoms with Gasteiger partial charge in [-0.1, -0.05) is 30.3 Å². The Kier molecular flexibility index (Phi) is 5.46. The molecule has 0 spiro atoms. The standard InChI is InChI=1S/C21H19N5O5/c1-25-19(29)14-9-5-6-10-16(14)26-17(23-24-21(25)26)12-31-20(30)15(11-27)22-18(28)13-7-3-2-4-8-13/h2-10,15,27H,11-12H2,1H3,(H,22,28). The van der Waals surface area contributed by atoms with Crippen LogP contribution in [0, 0.1) is 0 Å². The number of nitrogens with zero attached hydrogens (tertiary/aromatic N) is 4. The van der Waals surface area contributed by atoms with Crippen LogP contribution >= 0.6 is 0 Å². The summed E-state index contributed by atoms with van der Waals surface area (Å²) in [5.41, 5.74) is 0.709. The second-order valence-corrected chi connectivity index (χ2v) is 6.82. The van der Waals surface area contributed by atoms with Crippen molar-refractivity contribution in [2.45, 2.75) is 12.6 Å². The molecule has 2 aromatic heterocycles. The fraction of sp³-hybridized carbons (Fsp3) is 0.190. The normalized spacial score (nSPS) is 12.1. The highest BCUT2D eigenvalue weighted by Crippen LogP contribution is 2.14. The molecule has 1 atom stereocenters. The maximum Gasteiger partial charge on any atom is 0.331 e. The number of hydrogen-bond donors (Lipinski definition) is 2. The third kappa shape index (κ3) is 3.76. The molecule has 158 valence electrons. The average molecular weight is 421 g/mol. The first kappa shape index (κ1) is 20.2. The Balaban J connectivity index is 1.55. The van der Waals surface area contributed by atoms with E-state index in [2.05, 4.69) is 15.5 Å². The van der Waals surface area contributed by atoms with Gasteiger partial charge in [-0.15, -0.1) is 10.2 Å². The lowest BCUT2D eigenvalue weighted by atomic mass is 10.2. The number of carbonyl (C=O) groups excluding carboxylic acids is 2. The van der Waals surface area contributed by atoms with Crippen molar-refractivity contribution in [2.24, 2.45) is 7.05 Å². The van der Waals surface area contributed by atoms with E-state index < -0.39 is 24.5 Å². The summed E-state index contributed by atoms with van der Waals surface area (Å²) in [7, 11) is 1.58. The van der Waals surface area contributed by atoms with Crippen LogP contribution in [0.5, 0.6) is 0 Å². The van der Waals surface area contributed by atoms with E-state index in [9.17, 15) is 19.5 Å². The predicted molar refractivity (Wildman–Crippen MR) is 110 cm³/mol. The Bertz CT molecular complexity index is 1330. The van der Waals surface area contributed by atoms with E-state index in [-0.39, 0.29) is 12.2 Å². The first-order valence-electron chi connectivity index (χ1n) is 9.46. The summed E-state index contributed by atoms with van der Waals surface area (Å²) < 4.78 is 8.26. The first-order valence-corrected chi connectivity index (χ1v) is 9.46. The van der Waals surface area contributed by atoms with E-state index in [1.807, 2.05) is 0 Å². The molecule has 10 nitrogen and oxygen atoms in total. The van der Waals surface area contributed by atoms with E-state index in [1.165, 1.54) is 4.57 Å². The number of fused-ring (bicyclic) bond motifs is 3. The van der Waals surface area contributed by atoms with Gasteiger partial charge in [-0.25, -0.2) is 4.79 Å². The monoisotopic (exact) mass is 421 g/mol. The number of aliphatic hydroxyl groups excluding tert-OH is 1. The van der Waals surface area contributed by atoms with Gasteiger partial charge in [-0.05, 0) is 24.3 Å². The highest BCUT2D eigenvalue weighted by molar-refractivity contribution is 5.96. The summed E-state index contributed by atoms with van der Waals surface area (Å²) in [5, 5.41) is 20.5. The van der Waals surface area contributed by atoms with Crippen LogP contribution in [0.4, 0.5) is 0 Å². The van der Waals surface area contributed by atoms with Crippen LogP contribution in [0.1, 0.15) is 16.2 Å². The number of nitrogens with one attached hydrogen (secondary N) is 1. The SMILES string of the molecule is Cn1c(=O)c2ccccc2n2c(COC(=O)C(CO)NC(=O)c3ccccc3)nnc12. The minimum absolute atomic E-state index is 0.219. The van der Waals surface area contributed by atoms with Gasteiger partial charge < -0.3 is 15.2 Å². The fourth-order valence-electron chi connectivity index (χ4n) is 3.23. The van der Waals surface area contributed by atoms with Crippen LogP contribution in [0.15, 0.2) is 59.4 Å². The van der Waals surface area contributed by atoms with Crippen molar-refractivity contribution < 1.29 is 19.4 Å². The minimum Gasteiger partial charge on any atom is -0.456 e. The molecule has 0 saturated heterocycles. The van der Waals surface area contributed by atoms with Crippen LogP contribution in [0.25, 0.3) is 16.7 Å². The number of aromatic nitrogens is 4. The number of para-hydroxylation sites is 1. The third-order valence-corrected chi connectivity index (χ3v) is 4.84. The highest BCUT2D eigenvalue weighted by Gasteiger charge is 2.23. The number of aryl methyl sites for hydroxylation is 1. The summed E-state index contributed by atoms with van der Waals surface area (Å²) in [6.45, 7) is -0.894. The summed E-state index contributed by atoms with van der Waals surface area (Å²) >= 11 is 0. The van der Waals surface area contributed by atoms with Gasteiger partial charge in [0.1, 0.15) is 0 Å². The van der Waals surface area contributed by atoms with Crippen LogP contribution in [-0.4, -0.2) is 48.8 Å². The van der Waals surface area contributed by atoms with Crippen molar-refractivity contribution in [1.29, 1.82) is 0 Å². The zero-order valence-electron chi connectivity index (χ0n) is 16.6. The first-order chi connectivity index (χ1) is 15.0. The molecule has 0 saturated carbocycles. The predicted octanol–water partition coefficient (Wildman–Crippen LogP) is 0.415. The van der Waals surface area contributed by atoms with E-state index in [0.717, 1.165) is 0 Å². The van der Waals surface area contributed by atoms with Gasteiger partial charge >= 0.3 is 5.97 Å². The topological polar surface area (TPSA) is 128 Å². The molecule has 31 heavy (non-hydrogen) atoms. The molecule has 0 aliphatic rings. The van der Waals surface area contributed by atoms with E-state index in [1.54, 1.807) is 66.0 Å². The lowest BCUT2D eigenvalue weighted by Crippen LogP contribution is -2.44. The highest BCUT2D eigenvalue weighted by atomic mass is 16.5. The van der Waals surface area contributed by atoms with Gasteiger partial charge in [-0.3, -0.25) is 18.6 Å². The number of amides is 1. The summed E-state index contributed by atoms with van der Waals surface area (Å²) in [6, 6.07) is 14.0. The Labute approximate surface area is 175 Å². The number of aliphatic hydroxyl groups is 1. The van der Waals surface area contributed by atoms with Crippen molar-refractivity contribution in [3.8, 4) is 0 Å². The van der Waals surface area contributed by atoms with Gasteiger partial charge in [0.15, 0.2) is 18.5 Å². The number of benzene rings is 2. The lowest BCUT2D eigenvalue weighted by molar-refractivity contribution is -0.148. The zero-order valence-corrected chi connectivity index (χ0v) is 16.6. The summed E-state index contributed by atoms with van der Waals surface area (Å²) in [4.78, 5) is 37.2. The lowest BCUT2D eigenvalue weighted by Gasteiger charge is -2.15. The van der Waals surface area contributed by atoms with Crippen molar-refractivity contribution in [3.63, 3.8) is 0 Å². The van der Waals surface area contributed by atoms with E-state index >= 15 is 0 Å². The van der Waals surface area contributed by atoms with Gasteiger partial charge in [0.05, 0.1) is 17.5 Å². The number of ether oxygens (including phenoxy) is 1. The molecule has 2 aromatic carbocycles. The minimum atomic E-state index is -1.24. The van der Waals surface area contributed by atoms with E-state index in [0.29, 0.717) is 28.1 Å². The van der Waals surface area contributed by atoms with Crippen molar-refractivity contribution in [1.82, 2.24) is 24.5 Å². The van der Waals surface area contributed by atoms with Crippen LogP contribution in [0.2, 0.25) is 0 Å². The van der Waals surface area contributed by atoms with Crippen molar-refractivity contribution in [3.05, 3.63) is 76.3 Å². The van der Waals surface area contributed by atoms with Crippen molar-refractivity contribution in [2.75, 3.05) is 6.61 Å². The Morgan fingerprint density at radius 2 is 1.81 bits per heavy atom. The summed E-state index contributed by atoms with van der Waals surface area (Å²) in [6.07, 6.45) is 0. The zero-order chi connectivity index (χ0) is 22.0. The largest absolute Gasteiger partial charge is 0.456 e. The molecule has 2 N–H and O–H groups in total. The molecule has 0 bridgehead atoms. The Morgan fingerprint density at radius 1 is 1.10 bits per heavy atom. The summed E-state index contributed by atoms with van der Waals surface area (Å²) in [5.74, 6) is -0.741. The van der Waals surface area contributed by atoms with Crippen molar-refractivity contribution >= 4 is 28.6 Å². The molecule has 0 aliphatic carbocycles. The molecule has 4 rings (SSSR count). The molecule has 2 heterocycles. The van der Waals surface area contributed by atoms with Gasteiger partial charge in [0, 0.05) is 12.6 Å². The smallest absolute Gasteiger partial charge is 0.331 e. The molecular formula is C21H19N5O5. The van der Waals surface area contributed by atoms with E-state index in [4.69, 9.17) is 4.74 Å². The second kappa shape index (κ2) is 8.36. The Hall–Kier alpha value is -4.05. The third-order valence-electron chi connectivity index (χ3n) is 4.84. The number of hydrogen-bond acceptors (Lipinski definition) is 7. The van der Waals surface area contributed by atoms with Crippen LogP contribution < -0.4 is 10.9 Å². The number of rotatable bonds is 6. The molecule has 0 radical (unpaired) electrons. The molecular weight excluding hydrogens is 402 g/mol. The number of carbonyl (C=O) groups is 2. The molecule has 0 fully saturated rings. The Morgan fingerprint density at radius 3 is 2.55 bits per heavy atom. The quantitative estimate of drug-likeness (QED) is 0.432. The maximum atomic E-state index is 12.5. The number of esters is 1. The second-order valence-electron chi connectivity index (χ2n) is 6.82. The van der Waals surface area contributed by atoms with Gasteiger partial charge in [0.25, 0.3) is 11.5 Å².